The molecule has 0 heterocycles. The fourth-order valence-electron chi connectivity index (χ4n) is 3.21. The summed E-state index contributed by atoms with van der Waals surface area (Å²) in [5.74, 6) is 1.46. The van der Waals surface area contributed by atoms with Gasteiger partial charge in [-0.2, -0.15) is 0 Å². The van der Waals surface area contributed by atoms with Crippen LogP contribution in [0.4, 0.5) is 0 Å². The first-order chi connectivity index (χ1) is 15.3. The summed E-state index contributed by atoms with van der Waals surface area (Å²) in [4.78, 5) is 0.127. The maximum atomic E-state index is 11.3. The van der Waals surface area contributed by atoms with Crippen LogP contribution in [0.5, 0.6) is 11.5 Å². The minimum Gasteiger partial charge on any atom is -0.490 e. The smallest absolute Gasteiger partial charge is 0.238 e. The monoisotopic (exact) mass is 454 g/mol. The Labute approximate surface area is 190 Å². The number of nitrogens with two attached hydrogens (primary N) is 1. The summed E-state index contributed by atoms with van der Waals surface area (Å²) in [6.07, 6.45) is 0.779. The van der Waals surface area contributed by atoms with Gasteiger partial charge in [0.1, 0.15) is 6.61 Å². The van der Waals surface area contributed by atoms with Gasteiger partial charge < -0.3 is 14.8 Å². The third-order valence-electron chi connectivity index (χ3n) is 4.99. The van der Waals surface area contributed by atoms with Crippen LogP contribution in [0, 0.1) is 6.92 Å². The van der Waals surface area contributed by atoms with E-state index in [9.17, 15) is 8.42 Å². The molecule has 0 fully saturated rings. The number of nitrogens with one attached hydrogen (secondary N) is 1. The van der Waals surface area contributed by atoms with Crippen molar-refractivity contribution in [2.24, 2.45) is 5.14 Å². The molecule has 0 saturated carbocycles. The van der Waals surface area contributed by atoms with Crippen molar-refractivity contribution < 1.29 is 17.9 Å². The Hall–Kier alpha value is -2.87. The Morgan fingerprint density at radius 1 is 0.844 bits per heavy atom. The first kappa shape index (κ1) is 23.8. The van der Waals surface area contributed by atoms with E-state index >= 15 is 0 Å². The molecule has 0 atom stereocenters. The molecule has 170 valence electrons. The third kappa shape index (κ3) is 7.09. The highest BCUT2D eigenvalue weighted by atomic mass is 32.2. The average molecular weight is 455 g/mol. The van der Waals surface area contributed by atoms with Crippen molar-refractivity contribution in [2.75, 3.05) is 13.2 Å². The lowest BCUT2D eigenvalue weighted by atomic mass is 10.1. The van der Waals surface area contributed by atoms with E-state index < -0.39 is 10.0 Å². The number of aryl methyl sites for hydroxylation is 1. The predicted octanol–water partition coefficient (Wildman–Crippen LogP) is 3.95. The molecule has 0 aromatic heterocycles. The lowest BCUT2D eigenvalue weighted by Crippen LogP contribution is -2.17. The maximum Gasteiger partial charge on any atom is 0.238 e. The van der Waals surface area contributed by atoms with Crippen LogP contribution in [0.3, 0.4) is 0 Å². The van der Waals surface area contributed by atoms with E-state index in [0.717, 1.165) is 41.2 Å². The van der Waals surface area contributed by atoms with Crippen LogP contribution in [0.15, 0.2) is 71.6 Å². The van der Waals surface area contributed by atoms with Crippen LogP contribution >= 0.6 is 0 Å². The van der Waals surface area contributed by atoms with E-state index in [2.05, 4.69) is 36.5 Å². The highest BCUT2D eigenvalue weighted by Crippen LogP contribution is 2.29. The molecular formula is C25H30N2O4S. The van der Waals surface area contributed by atoms with Crippen LogP contribution in [-0.2, 0) is 29.6 Å². The van der Waals surface area contributed by atoms with Gasteiger partial charge in [-0.15, -0.1) is 0 Å². The Morgan fingerprint density at radius 2 is 1.50 bits per heavy atom. The number of hydrogen-bond donors (Lipinski definition) is 2. The lowest BCUT2D eigenvalue weighted by molar-refractivity contribution is 0.269. The molecule has 0 radical (unpaired) electrons. The second-order valence-corrected chi connectivity index (χ2v) is 9.17. The Bertz CT molecular complexity index is 1110. The van der Waals surface area contributed by atoms with Gasteiger partial charge in [0.05, 0.1) is 11.5 Å². The van der Waals surface area contributed by atoms with E-state index in [1.54, 1.807) is 12.1 Å². The van der Waals surface area contributed by atoms with Crippen LogP contribution in [0.1, 0.15) is 29.2 Å². The van der Waals surface area contributed by atoms with Gasteiger partial charge in [-0.05, 0) is 67.8 Å². The Morgan fingerprint density at radius 3 is 2.16 bits per heavy atom. The highest BCUT2D eigenvalue weighted by Gasteiger charge is 2.08. The van der Waals surface area contributed by atoms with E-state index in [4.69, 9.17) is 14.6 Å². The van der Waals surface area contributed by atoms with Gasteiger partial charge in [-0.25, -0.2) is 13.6 Å². The summed E-state index contributed by atoms with van der Waals surface area (Å²) in [5, 5.41) is 8.54. The normalized spacial score (nSPS) is 11.3. The largest absolute Gasteiger partial charge is 0.490 e. The van der Waals surface area contributed by atoms with Crippen LogP contribution in [-0.4, -0.2) is 21.6 Å². The molecule has 0 aliphatic carbocycles. The molecule has 6 nitrogen and oxygen atoms in total. The van der Waals surface area contributed by atoms with Crippen molar-refractivity contribution in [3.8, 4) is 11.5 Å². The van der Waals surface area contributed by atoms with Gasteiger partial charge in [-0.3, -0.25) is 0 Å². The first-order valence-corrected chi connectivity index (χ1v) is 12.2. The quantitative estimate of drug-likeness (QED) is 0.428. The number of rotatable bonds is 11. The number of sulfonamides is 1. The second kappa shape index (κ2) is 11.1. The Kier molecular flexibility index (Phi) is 8.27. The van der Waals surface area contributed by atoms with Gasteiger partial charge in [-0.1, -0.05) is 48.0 Å². The zero-order valence-corrected chi connectivity index (χ0v) is 19.3. The zero-order valence-electron chi connectivity index (χ0n) is 18.5. The minimum atomic E-state index is -3.65. The summed E-state index contributed by atoms with van der Waals surface area (Å²) < 4.78 is 34.4. The van der Waals surface area contributed by atoms with Crippen molar-refractivity contribution in [2.45, 2.75) is 38.3 Å². The van der Waals surface area contributed by atoms with Gasteiger partial charge in [0.2, 0.25) is 10.0 Å². The van der Waals surface area contributed by atoms with Crippen molar-refractivity contribution in [1.29, 1.82) is 0 Å². The highest BCUT2D eigenvalue weighted by molar-refractivity contribution is 7.89. The molecular weight excluding hydrogens is 424 g/mol. The molecule has 0 saturated heterocycles. The van der Waals surface area contributed by atoms with Gasteiger partial charge >= 0.3 is 0 Å². The number of ether oxygens (including phenoxy) is 2. The molecule has 3 N–H and O–H groups in total. The standard InChI is InChI=1S/C25H30N2O4S/c1-3-30-25-16-22(10-13-24(25)31-18-21-6-4-19(2)5-7-21)17-27-15-14-20-8-11-23(12-9-20)32(26,28)29/h4-13,16,27H,3,14-15,17-18H2,1-2H3,(H2,26,28,29). The van der Waals surface area contributed by atoms with Crippen molar-refractivity contribution in [1.82, 2.24) is 5.32 Å². The van der Waals surface area contributed by atoms with E-state index in [-0.39, 0.29) is 4.90 Å². The fraction of sp³-hybridized carbons (Fsp3) is 0.280. The molecule has 0 aliphatic heterocycles. The SMILES string of the molecule is CCOc1cc(CNCCc2ccc(S(N)(=O)=O)cc2)ccc1OCc1ccc(C)cc1. The summed E-state index contributed by atoms with van der Waals surface area (Å²) in [5.41, 5.74) is 4.47. The fourth-order valence-corrected chi connectivity index (χ4v) is 3.72. The van der Waals surface area contributed by atoms with Crippen LogP contribution in [0.2, 0.25) is 0 Å². The topological polar surface area (TPSA) is 90.6 Å². The Balaban J connectivity index is 1.52. The molecule has 0 bridgehead atoms. The predicted molar refractivity (Wildman–Crippen MR) is 126 cm³/mol. The van der Waals surface area contributed by atoms with Gasteiger partial charge in [0, 0.05) is 6.54 Å². The molecule has 0 aliphatic rings. The van der Waals surface area contributed by atoms with Crippen LogP contribution in [0.25, 0.3) is 0 Å². The lowest BCUT2D eigenvalue weighted by Gasteiger charge is -2.14. The summed E-state index contributed by atoms with van der Waals surface area (Å²) in [6, 6.07) is 20.9. The summed E-state index contributed by atoms with van der Waals surface area (Å²) in [7, 11) is -3.65. The van der Waals surface area contributed by atoms with E-state index in [1.807, 2.05) is 25.1 Å². The number of hydrogen-bond acceptors (Lipinski definition) is 5. The number of benzene rings is 3. The van der Waals surface area contributed by atoms with Crippen molar-refractivity contribution >= 4 is 10.0 Å². The number of primary sulfonamides is 1. The zero-order chi connectivity index (χ0) is 23.0. The first-order valence-electron chi connectivity index (χ1n) is 10.6. The molecule has 7 heteroatoms. The van der Waals surface area contributed by atoms with E-state index in [1.165, 1.54) is 17.7 Å². The van der Waals surface area contributed by atoms with Gasteiger partial charge in [0.25, 0.3) is 0 Å². The second-order valence-electron chi connectivity index (χ2n) is 7.60. The summed E-state index contributed by atoms with van der Waals surface area (Å²) in [6.45, 7) is 6.51. The van der Waals surface area contributed by atoms with E-state index in [0.29, 0.717) is 19.8 Å². The van der Waals surface area contributed by atoms with Crippen LogP contribution < -0.4 is 19.9 Å². The molecule has 3 rings (SSSR count). The molecule has 3 aromatic rings. The summed E-state index contributed by atoms with van der Waals surface area (Å²) >= 11 is 0. The molecule has 0 amide bonds. The average Bonchev–Trinajstić information content (AvgIpc) is 2.77. The minimum absolute atomic E-state index is 0.127. The van der Waals surface area contributed by atoms with Gasteiger partial charge in [0.15, 0.2) is 11.5 Å². The molecule has 0 unspecified atom stereocenters. The molecule has 32 heavy (non-hydrogen) atoms. The van der Waals surface area contributed by atoms with Crippen molar-refractivity contribution in [3.05, 3.63) is 89.0 Å². The maximum absolute atomic E-state index is 11.3. The van der Waals surface area contributed by atoms with Crippen molar-refractivity contribution in [3.63, 3.8) is 0 Å². The molecule has 0 spiro atoms. The molecule has 3 aromatic carbocycles. The third-order valence-corrected chi connectivity index (χ3v) is 5.92.